The maximum absolute atomic E-state index is 11.9. The van der Waals surface area contributed by atoms with Crippen LogP contribution in [-0.4, -0.2) is 13.1 Å². The summed E-state index contributed by atoms with van der Waals surface area (Å²) in [5.41, 5.74) is 0.584. The number of hydrogen-bond donors (Lipinski definition) is 2. The third kappa shape index (κ3) is 3.92. The number of furan rings is 1. The van der Waals surface area contributed by atoms with Gasteiger partial charge in [-0.15, -0.1) is 0 Å². The zero-order valence-electron chi connectivity index (χ0n) is 12.1. The third-order valence-corrected chi connectivity index (χ3v) is 3.24. The Morgan fingerprint density at radius 2 is 2.10 bits per heavy atom. The van der Waals surface area contributed by atoms with Gasteiger partial charge in [-0.25, -0.2) is 4.79 Å². The minimum atomic E-state index is -0.335. The predicted molar refractivity (Wildman–Crippen MR) is 82.0 cm³/mol. The lowest BCUT2D eigenvalue weighted by atomic mass is 10.2. The first-order valence-electron chi connectivity index (χ1n) is 6.47. The first-order valence-corrected chi connectivity index (χ1v) is 6.85. The summed E-state index contributed by atoms with van der Waals surface area (Å²) in [5, 5.41) is 5.93. The van der Waals surface area contributed by atoms with Gasteiger partial charge in [-0.3, -0.25) is 0 Å². The van der Waals surface area contributed by atoms with E-state index in [1.54, 1.807) is 18.2 Å². The number of amides is 2. The summed E-state index contributed by atoms with van der Waals surface area (Å²) in [6.45, 7) is 3.70. The quantitative estimate of drug-likeness (QED) is 0.892. The van der Waals surface area contributed by atoms with Crippen LogP contribution >= 0.6 is 11.6 Å². The van der Waals surface area contributed by atoms with Gasteiger partial charge < -0.3 is 19.8 Å². The molecule has 21 heavy (non-hydrogen) atoms. The minimum absolute atomic E-state index is 0.229. The number of ether oxygens (including phenoxy) is 1. The first-order chi connectivity index (χ1) is 9.99. The van der Waals surface area contributed by atoms with Gasteiger partial charge in [0.15, 0.2) is 0 Å². The molecule has 0 radical (unpaired) electrons. The highest BCUT2D eigenvalue weighted by molar-refractivity contribution is 6.32. The fraction of sp³-hybridized carbons (Fsp3) is 0.267. The van der Waals surface area contributed by atoms with Gasteiger partial charge in [-0.05, 0) is 44.2 Å². The molecule has 1 atom stereocenters. The zero-order valence-corrected chi connectivity index (χ0v) is 12.8. The molecule has 2 aromatic rings. The lowest BCUT2D eigenvalue weighted by molar-refractivity contribution is 0.247. The second-order valence-corrected chi connectivity index (χ2v) is 5.03. The van der Waals surface area contributed by atoms with Gasteiger partial charge in [-0.1, -0.05) is 11.6 Å². The molecule has 0 aliphatic rings. The van der Waals surface area contributed by atoms with E-state index in [0.29, 0.717) is 22.2 Å². The summed E-state index contributed by atoms with van der Waals surface area (Å²) in [6, 6.07) is 8.16. The third-order valence-electron chi connectivity index (χ3n) is 2.95. The topological polar surface area (TPSA) is 63.5 Å². The lowest BCUT2D eigenvalue weighted by Crippen LogP contribution is -2.30. The Kier molecular flexibility index (Phi) is 4.75. The predicted octanol–water partition coefficient (Wildman–Crippen LogP) is 4.13. The van der Waals surface area contributed by atoms with Crippen LogP contribution in [0.15, 0.2) is 34.7 Å². The standard InChI is InChI=1S/C15H17ClN2O3/c1-9-4-6-13(21-9)10(2)17-15(19)18-11-5-7-14(20-3)12(16)8-11/h4-8,10H,1-3H3,(H2,17,18,19). The molecule has 0 spiro atoms. The van der Waals surface area contributed by atoms with Crippen LogP contribution < -0.4 is 15.4 Å². The molecular formula is C15H17ClN2O3. The number of carbonyl (C=O) groups excluding carboxylic acids is 1. The highest BCUT2D eigenvalue weighted by atomic mass is 35.5. The van der Waals surface area contributed by atoms with Gasteiger partial charge in [-0.2, -0.15) is 0 Å². The van der Waals surface area contributed by atoms with Crippen molar-refractivity contribution in [1.82, 2.24) is 5.32 Å². The fourth-order valence-corrected chi connectivity index (χ4v) is 2.12. The van der Waals surface area contributed by atoms with Crippen LogP contribution in [0.2, 0.25) is 5.02 Å². The Bertz CT molecular complexity index is 640. The molecule has 0 saturated heterocycles. The highest BCUT2D eigenvalue weighted by Gasteiger charge is 2.13. The van der Waals surface area contributed by atoms with Gasteiger partial charge in [0, 0.05) is 5.69 Å². The SMILES string of the molecule is COc1ccc(NC(=O)NC(C)c2ccc(C)o2)cc1Cl. The van der Waals surface area contributed by atoms with Gasteiger partial charge in [0.1, 0.15) is 17.3 Å². The van der Waals surface area contributed by atoms with E-state index in [9.17, 15) is 4.79 Å². The second-order valence-electron chi connectivity index (χ2n) is 4.62. The Labute approximate surface area is 128 Å². The van der Waals surface area contributed by atoms with Gasteiger partial charge in [0.25, 0.3) is 0 Å². The zero-order chi connectivity index (χ0) is 15.4. The molecule has 0 aliphatic heterocycles. The summed E-state index contributed by atoms with van der Waals surface area (Å²) in [7, 11) is 1.54. The molecule has 0 saturated carbocycles. The normalized spacial score (nSPS) is 11.8. The van der Waals surface area contributed by atoms with Crippen molar-refractivity contribution in [1.29, 1.82) is 0 Å². The molecule has 1 unspecified atom stereocenters. The van der Waals surface area contributed by atoms with Crippen LogP contribution in [0.25, 0.3) is 0 Å². The van der Waals surface area contributed by atoms with E-state index in [0.717, 1.165) is 5.76 Å². The van der Waals surface area contributed by atoms with E-state index in [-0.39, 0.29) is 12.1 Å². The number of urea groups is 1. The monoisotopic (exact) mass is 308 g/mol. The number of nitrogens with one attached hydrogen (secondary N) is 2. The number of hydrogen-bond acceptors (Lipinski definition) is 3. The number of rotatable bonds is 4. The number of carbonyl (C=O) groups is 1. The lowest BCUT2D eigenvalue weighted by Gasteiger charge is -2.13. The van der Waals surface area contributed by atoms with E-state index in [2.05, 4.69) is 10.6 Å². The van der Waals surface area contributed by atoms with Crippen LogP contribution in [0.5, 0.6) is 5.75 Å². The molecule has 2 rings (SSSR count). The largest absolute Gasteiger partial charge is 0.495 e. The molecule has 0 aliphatic carbocycles. The molecule has 0 bridgehead atoms. The van der Waals surface area contributed by atoms with Crippen LogP contribution in [0, 0.1) is 6.92 Å². The van der Waals surface area contributed by atoms with Crippen LogP contribution in [0.1, 0.15) is 24.5 Å². The van der Waals surface area contributed by atoms with Crippen LogP contribution in [0.3, 0.4) is 0 Å². The van der Waals surface area contributed by atoms with E-state index in [1.165, 1.54) is 7.11 Å². The molecule has 2 N–H and O–H groups in total. The van der Waals surface area contributed by atoms with Crippen molar-refractivity contribution in [3.63, 3.8) is 0 Å². The fourth-order valence-electron chi connectivity index (χ4n) is 1.87. The maximum Gasteiger partial charge on any atom is 0.319 e. The van der Waals surface area contributed by atoms with Gasteiger partial charge in [0.2, 0.25) is 0 Å². The second kappa shape index (κ2) is 6.54. The van der Waals surface area contributed by atoms with E-state index < -0.39 is 0 Å². The summed E-state index contributed by atoms with van der Waals surface area (Å²) in [5.74, 6) is 2.07. The summed E-state index contributed by atoms with van der Waals surface area (Å²) in [4.78, 5) is 11.9. The molecule has 0 fully saturated rings. The molecule has 1 aromatic heterocycles. The first kappa shape index (κ1) is 15.3. The van der Waals surface area contributed by atoms with Crippen LogP contribution in [0.4, 0.5) is 10.5 Å². The van der Waals surface area contributed by atoms with Crippen molar-refractivity contribution in [3.05, 3.63) is 46.9 Å². The van der Waals surface area contributed by atoms with E-state index in [1.807, 2.05) is 26.0 Å². The van der Waals surface area contributed by atoms with Crippen molar-refractivity contribution in [3.8, 4) is 5.75 Å². The average Bonchev–Trinajstić information content (AvgIpc) is 2.85. The van der Waals surface area contributed by atoms with Crippen molar-refractivity contribution in [2.24, 2.45) is 0 Å². The summed E-state index contributed by atoms with van der Waals surface area (Å²) >= 11 is 6.01. The molecule has 2 amide bonds. The number of benzene rings is 1. The number of halogens is 1. The van der Waals surface area contributed by atoms with Gasteiger partial charge >= 0.3 is 6.03 Å². The smallest absolute Gasteiger partial charge is 0.319 e. The maximum atomic E-state index is 11.9. The van der Waals surface area contributed by atoms with Crippen molar-refractivity contribution < 1.29 is 13.9 Å². The molecule has 1 heterocycles. The molecule has 5 nitrogen and oxygen atoms in total. The summed E-state index contributed by atoms with van der Waals surface area (Å²) in [6.07, 6.45) is 0. The van der Waals surface area contributed by atoms with E-state index >= 15 is 0 Å². The molecule has 1 aromatic carbocycles. The Hall–Kier alpha value is -2.14. The minimum Gasteiger partial charge on any atom is -0.495 e. The van der Waals surface area contributed by atoms with Crippen molar-refractivity contribution >= 4 is 23.3 Å². The Balaban J connectivity index is 1.97. The number of anilines is 1. The number of aryl methyl sites for hydroxylation is 1. The molecule has 112 valence electrons. The summed E-state index contributed by atoms with van der Waals surface area (Å²) < 4.78 is 10.5. The Morgan fingerprint density at radius 1 is 1.33 bits per heavy atom. The Morgan fingerprint density at radius 3 is 2.67 bits per heavy atom. The van der Waals surface area contributed by atoms with Crippen molar-refractivity contribution in [2.45, 2.75) is 19.9 Å². The van der Waals surface area contributed by atoms with Crippen LogP contribution in [-0.2, 0) is 0 Å². The van der Waals surface area contributed by atoms with Crippen molar-refractivity contribution in [2.75, 3.05) is 12.4 Å². The highest BCUT2D eigenvalue weighted by Crippen LogP contribution is 2.27. The average molecular weight is 309 g/mol. The molecule has 6 heteroatoms. The van der Waals surface area contributed by atoms with E-state index in [4.69, 9.17) is 20.8 Å². The van der Waals surface area contributed by atoms with Gasteiger partial charge in [0.05, 0.1) is 18.2 Å². The number of methoxy groups -OCH3 is 1. The molecular weight excluding hydrogens is 292 g/mol.